The Bertz CT molecular complexity index is 585. The van der Waals surface area contributed by atoms with Gasteiger partial charge < -0.3 is 11.1 Å². The summed E-state index contributed by atoms with van der Waals surface area (Å²) in [6, 6.07) is 2.70. The van der Waals surface area contributed by atoms with Crippen molar-refractivity contribution in [3.8, 4) is 0 Å². The fourth-order valence-electron chi connectivity index (χ4n) is 3.95. The zero-order chi connectivity index (χ0) is 15.9. The van der Waals surface area contributed by atoms with Gasteiger partial charge in [-0.1, -0.05) is 29.6 Å². The van der Waals surface area contributed by atoms with Crippen molar-refractivity contribution in [2.75, 3.05) is 0 Å². The minimum absolute atomic E-state index is 0. The quantitative estimate of drug-likeness (QED) is 0.755. The molecule has 0 spiro atoms. The number of rotatable bonds is 2. The van der Waals surface area contributed by atoms with Crippen LogP contribution in [0.3, 0.4) is 0 Å². The van der Waals surface area contributed by atoms with Crippen LogP contribution >= 0.6 is 35.6 Å². The molecule has 0 aromatic heterocycles. The molecule has 2 atom stereocenters. The summed E-state index contributed by atoms with van der Waals surface area (Å²) in [5.74, 6) is -0.162. The summed E-state index contributed by atoms with van der Waals surface area (Å²) >= 11 is 11.7. The molecular formula is C16H20Cl3FN2O. The largest absolute Gasteiger partial charge is 0.349 e. The van der Waals surface area contributed by atoms with E-state index in [1.165, 1.54) is 12.5 Å². The van der Waals surface area contributed by atoms with Crippen molar-refractivity contribution in [3.63, 3.8) is 0 Å². The predicted octanol–water partition coefficient (Wildman–Crippen LogP) is 4.19. The molecule has 23 heavy (non-hydrogen) atoms. The van der Waals surface area contributed by atoms with Gasteiger partial charge in [-0.05, 0) is 49.7 Å². The summed E-state index contributed by atoms with van der Waals surface area (Å²) in [6.07, 6.45) is 5.22. The van der Waals surface area contributed by atoms with Gasteiger partial charge in [0.15, 0.2) is 0 Å². The van der Waals surface area contributed by atoms with Crippen LogP contribution in [0, 0.1) is 17.7 Å². The van der Waals surface area contributed by atoms with Crippen LogP contribution in [0.1, 0.15) is 42.5 Å². The van der Waals surface area contributed by atoms with E-state index in [2.05, 4.69) is 5.32 Å². The highest BCUT2D eigenvalue weighted by Gasteiger charge is 2.40. The van der Waals surface area contributed by atoms with Crippen LogP contribution in [0.4, 0.5) is 4.39 Å². The van der Waals surface area contributed by atoms with Crippen molar-refractivity contribution >= 4 is 41.5 Å². The van der Waals surface area contributed by atoms with Gasteiger partial charge in [0, 0.05) is 12.1 Å². The SMILES string of the molecule is Cl.NC1CC2CCCC(C1)C2NC(=O)c1cc(F)c(Cl)cc1Cl. The van der Waals surface area contributed by atoms with E-state index >= 15 is 0 Å². The maximum Gasteiger partial charge on any atom is 0.253 e. The van der Waals surface area contributed by atoms with Crippen molar-refractivity contribution in [2.24, 2.45) is 17.6 Å². The summed E-state index contributed by atoms with van der Waals surface area (Å²) in [6.45, 7) is 0. The van der Waals surface area contributed by atoms with Crippen molar-refractivity contribution in [1.82, 2.24) is 5.32 Å². The van der Waals surface area contributed by atoms with Gasteiger partial charge >= 0.3 is 0 Å². The number of amides is 1. The molecule has 128 valence electrons. The number of hydrogen-bond acceptors (Lipinski definition) is 2. The van der Waals surface area contributed by atoms with Crippen LogP contribution in [-0.4, -0.2) is 18.0 Å². The first kappa shape index (κ1) is 18.8. The Morgan fingerprint density at radius 2 is 1.78 bits per heavy atom. The van der Waals surface area contributed by atoms with E-state index < -0.39 is 5.82 Å². The maximum absolute atomic E-state index is 13.6. The summed E-state index contributed by atoms with van der Waals surface area (Å²) in [4.78, 5) is 12.5. The standard InChI is InChI=1S/C16H19Cl2FN2O.ClH/c17-12-7-13(18)14(19)6-11(12)16(22)21-15-8-2-1-3-9(15)5-10(20)4-8;/h6-10,15H,1-5,20H2,(H,21,22);1H. The molecule has 0 aliphatic heterocycles. The number of benzene rings is 1. The van der Waals surface area contributed by atoms with Crippen LogP contribution < -0.4 is 11.1 Å². The topological polar surface area (TPSA) is 55.1 Å². The summed E-state index contributed by atoms with van der Waals surface area (Å²) in [7, 11) is 0. The fourth-order valence-corrected chi connectivity index (χ4v) is 4.42. The molecule has 2 aliphatic rings. The van der Waals surface area contributed by atoms with E-state index in [0.29, 0.717) is 11.8 Å². The van der Waals surface area contributed by atoms with Gasteiger partial charge in [-0.25, -0.2) is 4.39 Å². The molecule has 2 unspecified atom stereocenters. The van der Waals surface area contributed by atoms with Crippen molar-refractivity contribution < 1.29 is 9.18 Å². The van der Waals surface area contributed by atoms with Crippen LogP contribution in [0.25, 0.3) is 0 Å². The number of carbonyl (C=O) groups is 1. The van der Waals surface area contributed by atoms with E-state index in [9.17, 15) is 9.18 Å². The molecule has 3 nitrogen and oxygen atoms in total. The smallest absolute Gasteiger partial charge is 0.253 e. The van der Waals surface area contributed by atoms with Gasteiger partial charge in [-0.3, -0.25) is 4.79 Å². The van der Waals surface area contributed by atoms with E-state index in [-0.39, 0.29) is 46.0 Å². The van der Waals surface area contributed by atoms with Crippen molar-refractivity contribution in [3.05, 3.63) is 33.6 Å². The van der Waals surface area contributed by atoms with Gasteiger partial charge in [-0.15, -0.1) is 12.4 Å². The highest BCUT2D eigenvalue weighted by Crippen LogP contribution is 2.40. The van der Waals surface area contributed by atoms with Gasteiger partial charge in [0.25, 0.3) is 5.91 Å². The molecule has 1 aromatic rings. The Kier molecular flexibility index (Phi) is 6.17. The zero-order valence-corrected chi connectivity index (χ0v) is 14.9. The Hall–Kier alpha value is -0.550. The maximum atomic E-state index is 13.6. The highest BCUT2D eigenvalue weighted by molar-refractivity contribution is 6.36. The second-order valence-corrected chi connectivity index (χ2v) is 7.24. The normalized spacial score (nSPS) is 29.6. The molecule has 2 saturated carbocycles. The number of nitrogens with one attached hydrogen (secondary N) is 1. The first-order valence-electron chi connectivity index (χ1n) is 7.66. The first-order valence-corrected chi connectivity index (χ1v) is 8.42. The average Bonchev–Trinajstić information content (AvgIpc) is 2.43. The Balaban J connectivity index is 0.00000192. The first-order chi connectivity index (χ1) is 10.5. The zero-order valence-electron chi connectivity index (χ0n) is 12.5. The van der Waals surface area contributed by atoms with E-state index in [4.69, 9.17) is 28.9 Å². The van der Waals surface area contributed by atoms with Gasteiger partial charge in [0.2, 0.25) is 0 Å². The molecule has 2 bridgehead atoms. The second kappa shape index (κ2) is 7.56. The molecule has 0 saturated heterocycles. The number of carbonyl (C=O) groups excluding carboxylic acids is 1. The van der Waals surface area contributed by atoms with E-state index in [1.807, 2.05) is 0 Å². The third kappa shape index (κ3) is 3.93. The summed E-state index contributed by atoms with van der Waals surface area (Å²) < 4.78 is 13.6. The highest BCUT2D eigenvalue weighted by atomic mass is 35.5. The molecule has 0 heterocycles. The van der Waals surface area contributed by atoms with E-state index in [1.54, 1.807) is 0 Å². The minimum Gasteiger partial charge on any atom is -0.349 e. The van der Waals surface area contributed by atoms with Crippen LogP contribution in [0.2, 0.25) is 10.0 Å². The fraction of sp³-hybridized carbons (Fsp3) is 0.562. The Morgan fingerprint density at radius 1 is 1.17 bits per heavy atom. The van der Waals surface area contributed by atoms with Gasteiger partial charge in [0.05, 0.1) is 15.6 Å². The molecular weight excluding hydrogens is 362 g/mol. The molecule has 2 aliphatic carbocycles. The molecule has 3 rings (SSSR count). The minimum atomic E-state index is -0.637. The predicted molar refractivity (Wildman–Crippen MR) is 93.0 cm³/mol. The number of hydrogen-bond donors (Lipinski definition) is 2. The third-order valence-corrected chi connectivity index (χ3v) is 5.53. The molecule has 1 amide bonds. The average molecular weight is 382 g/mol. The lowest BCUT2D eigenvalue weighted by Gasteiger charge is -2.45. The van der Waals surface area contributed by atoms with Crippen LogP contribution in [0.15, 0.2) is 12.1 Å². The van der Waals surface area contributed by atoms with E-state index in [0.717, 1.165) is 31.7 Å². The number of nitrogens with two attached hydrogens (primary N) is 1. The molecule has 2 fully saturated rings. The lowest BCUT2D eigenvalue weighted by atomic mass is 9.67. The molecule has 3 N–H and O–H groups in total. The third-order valence-electron chi connectivity index (χ3n) is 4.93. The molecule has 1 aromatic carbocycles. The number of halogens is 4. The summed E-state index contributed by atoms with van der Waals surface area (Å²) in [5, 5.41) is 3.14. The van der Waals surface area contributed by atoms with Crippen molar-refractivity contribution in [1.29, 1.82) is 0 Å². The van der Waals surface area contributed by atoms with Crippen LogP contribution in [-0.2, 0) is 0 Å². The summed E-state index contributed by atoms with van der Waals surface area (Å²) in [5.41, 5.74) is 6.23. The Morgan fingerprint density at radius 3 is 2.39 bits per heavy atom. The second-order valence-electron chi connectivity index (χ2n) is 6.43. The van der Waals surface area contributed by atoms with Crippen LogP contribution in [0.5, 0.6) is 0 Å². The molecule has 0 radical (unpaired) electrons. The Labute approximate surface area is 151 Å². The molecule has 7 heteroatoms. The monoisotopic (exact) mass is 380 g/mol. The van der Waals surface area contributed by atoms with Crippen molar-refractivity contribution in [2.45, 2.75) is 44.2 Å². The van der Waals surface area contributed by atoms with Gasteiger partial charge in [-0.2, -0.15) is 0 Å². The van der Waals surface area contributed by atoms with Gasteiger partial charge in [0.1, 0.15) is 5.82 Å². The lowest BCUT2D eigenvalue weighted by Crippen LogP contribution is -2.53. The lowest BCUT2D eigenvalue weighted by molar-refractivity contribution is 0.0756. The number of fused-ring (bicyclic) bond motifs is 2.